The second-order valence-corrected chi connectivity index (χ2v) is 34.4. The van der Waals surface area contributed by atoms with Crippen LogP contribution in [0.4, 0.5) is 40.3 Å². The summed E-state index contributed by atoms with van der Waals surface area (Å²) in [6.45, 7) is 14.8. The first-order valence-electron chi connectivity index (χ1n) is 42.1. The summed E-state index contributed by atoms with van der Waals surface area (Å²) in [5, 5.41) is 35.7. The molecule has 0 atom stereocenters. The van der Waals surface area contributed by atoms with E-state index in [-0.39, 0.29) is 41.1 Å². The molecule has 0 unspecified atom stereocenters. The Morgan fingerprint density at radius 2 is 0.853 bits per heavy atom. The Hall–Kier alpha value is -8.51. The number of nitro groups is 2. The number of rotatable bonds is 22. The van der Waals surface area contributed by atoms with Gasteiger partial charge in [-0.1, -0.05) is 0 Å². The Morgan fingerprint density at radius 1 is 0.474 bits per heavy atom. The monoisotopic (exact) mass is 1620 g/mol. The molecule has 4 saturated carbocycles. The van der Waals surface area contributed by atoms with Crippen molar-refractivity contribution in [2.45, 2.75) is 179 Å². The van der Waals surface area contributed by atoms with Crippen LogP contribution in [0.5, 0.6) is 46.0 Å². The van der Waals surface area contributed by atoms with Gasteiger partial charge in [0, 0.05) is 114 Å². The number of methoxy groups -OCH3 is 4. The molecule has 4 aromatic carbocycles. The van der Waals surface area contributed by atoms with Crippen molar-refractivity contribution < 1.29 is 57.2 Å². The standard InChI is InChI=1S/C27H39N5O3.C17H24N2O4.C17H26N2O2.C16H22N2O4.C10H14ClN3O/c1-32-14-12-27(19-32)10-5-22(6-11-27)35-24-17-21(3-4-23(24)33-2)30-26-28-13-7-25(31-26)29-18-20-8-15-34-16-9-20;1-18-10-9-17(12-18)7-5-14(6-8-17)23-16-11-13(19(20)21)3-4-15(16)22-2;1-19-10-9-17(12-19)7-5-14(6-8-17)21-16-11-13(18)3-4-15(16)20-2;1-21-14-3-2-12(18(19)20)10-15(14)22-13-4-6-16(7-5-13)8-9-17-11-16;11-10-12-4-1-9(14-10)13-7-8-2-5-15-6-3-8/h3-4,7,13,17,20,22H,5-6,8-12,14-16,18-19H2,1-2H3,(H2,28,29,30,31);3-4,11,14H,5-10,12H2,1-2H3;3-4,11,14H,5-10,12,18H2,1-2H3;2-3,10,13,17H,4-9,11H2,1H3;1,4,8H,2-3,5-7H2,(H,12,13,14). The number of anilines is 5. The third kappa shape index (κ3) is 24.8. The molecule has 0 bridgehead atoms. The topological polar surface area (TPSA) is 314 Å². The van der Waals surface area contributed by atoms with Crippen molar-refractivity contribution in [1.82, 2.24) is 40.0 Å². The van der Waals surface area contributed by atoms with E-state index in [2.05, 4.69) is 77.0 Å². The summed E-state index contributed by atoms with van der Waals surface area (Å²) in [6.07, 6.45) is 31.9. The largest absolute Gasteiger partial charge is 0.493 e. The van der Waals surface area contributed by atoms with Gasteiger partial charge in [-0.15, -0.1) is 0 Å². The van der Waals surface area contributed by atoms with Crippen LogP contribution in [0.1, 0.15) is 154 Å². The number of nitrogens with zero attached hydrogens (tertiary/aromatic N) is 9. The zero-order chi connectivity index (χ0) is 81.5. The molecule has 8 heterocycles. The number of non-ortho nitro benzene ring substituents is 2. The number of hydrogen-bond acceptors (Lipinski definition) is 26. The first-order valence-corrected chi connectivity index (χ1v) is 42.5. The van der Waals surface area contributed by atoms with E-state index in [0.29, 0.717) is 62.4 Å². The molecule has 0 amide bonds. The zero-order valence-electron chi connectivity index (χ0n) is 69.3. The molecule has 29 heteroatoms. The van der Waals surface area contributed by atoms with Gasteiger partial charge in [0.1, 0.15) is 11.6 Å². The molecule has 6 saturated heterocycles. The number of ether oxygens (including phenoxy) is 10. The van der Waals surface area contributed by atoms with Crippen molar-refractivity contribution in [3.8, 4) is 46.0 Å². The van der Waals surface area contributed by atoms with Gasteiger partial charge >= 0.3 is 0 Å². The summed E-state index contributed by atoms with van der Waals surface area (Å²) < 4.78 is 57.0. The Morgan fingerprint density at radius 3 is 1.23 bits per heavy atom. The number of aromatic nitrogens is 4. The van der Waals surface area contributed by atoms with Gasteiger partial charge in [-0.3, -0.25) is 20.2 Å². The third-order valence-electron chi connectivity index (χ3n) is 25.8. The Kier molecular flexibility index (Phi) is 31.2. The van der Waals surface area contributed by atoms with Gasteiger partial charge in [-0.25, -0.2) is 15.0 Å². The molecular formula is C87H125ClN14O14. The van der Waals surface area contributed by atoms with Crippen LogP contribution in [0, 0.1) is 53.7 Å². The van der Waals surface area contributed by atoms with Gasteiger partial charge in [0.2, 0.25) is 11.2 Å². The lowest BCUT2D eigenvalue weighted by molar-refractivity contribution is -0.385. The minimum absolute atomic E-state index is 0.0306. The number of halogens is 1. The van der Waals surface area contributed by atoms with E-state index in [4.69, 9.17) is 64.7 Å². The SMILES string of the molecule is COc1ccc(N)cc1OC1CCC2(CC1)CCN(C)C2.COc1ccc(Nc2nccc(NCC3CCOCC3)n2)cc1OC1CCC2(CC1)CCN(C)C2.COc1ccc([N+](=O)[O-])cc1OC1CCC2(CC1)CCN(C)C2.COc1ccc([N+](=O)[O-])cc1OC1CCC2(CCNC2)CC1.Clc1nccc(NCC2CCOCC2)n1. The van der Waals surface area contributed by atoms with Crippen LogP contribution >= 0.6 is 11.6 Å². The average molecular weight is 1630 g/mol. The van der Waals surface area contributed by atoms with Crippen LogP contribution in [0.3, 0.4) is 0 Å². The number of benzene rings is 4. The van der Waals surface area contributed by atoms with Crippen molar-refractivity contribution >= 4 is 51.9 Å². The molecule has 2 aromatic heterocycles. The predicted molar refractivity (Wildman–Crippen MR) is 451 cm³/mol. The number of nitrogen functional groups attached to an aromatic ring is 1. The van der Waals surface area contributed by atoms with Crippen LogP contribution in [-0.4, -0.2) is 210 Å². The van der Waals surface area contributed by atoms with E-state index in [1.165, 1.54) is 128 Å². The molecule has 28 nitrogen and oxygen atoms in total. The summed E-state index contributed by atoms with van der Waals surface area (Å²) in [4.78, 5) is 45.3. The van der Waals surface area contributed by atoms with Crippen LogP contribution in [0.15, 0.2) is 97.3 Å². The molecule has 16 rings (SSSR count). The highest BCUT2D eigenvalue weighted by molar-refractivity contribution is 6.28. The summed E-state index contributed by atoms with van der Waals surface area (Å²) in [5.41, 5.74) is 9.48. The van der Waals surface area contributed by atoms with Gasteiger partial charge in [-0.05, 0) is 295 Å². The normalized spacial score (nSPS) is 26.2. The Bertz CT molecular complexity index is 4080. The van der Waals surface area contributed by atoms with Crippen LogP contribution in [-0.2, 0) is 9.47 Å². The van der Waals surface area contributed by atoms with E-state index in [1.54, 1.807) is 53.0 Å². The van der Waals surface area contributed by atoms with Gasteiger partial charge in [0.25, 0.3) is 11.4 Å². The van der Waals surface area contributed by atoms with Crippen LogP contribution in [0.2, 0.25) is 5.28 Å². The fraction of sp³-hybridized carbons (Fsp3) is 0.632. The fourth-order valence-corrected chi connectivity index (χ4v) is 18.9. The summed E-state index contributed by atoms with van der Waals surface area (Å²) in [5.74, 6) is 8.61. The van der Waals surface area contributed by atoms with E-state index in [1.807, 2.05) is 48.5 Å². The van der Waals surface area contributed by atoms with E-state index < -0.39 is 9.85 Å². The maximum Gasteiger partial charge on any atom is 0.273 e. The highest BCUT2D eigenvalue weighted by Crippen LogP contribution is 2.49. The van der Waals surface area contributed by atoms with Crippen molar-refractivity contribution in [2.24, 2.45) is 33.5 Å². The maximum atomic E-state index is 11.0. The molecule has 634 valence electrons. The van der Waals surface area contributed by atoms with Gasteiger partial charge in [-0.2, -0.15) is 4.98 Å². The number of nitro benzene ring substituents is 2. The summed E-state index contributed by atoms with van der Waals surface area (Å²) >= 11 is 5.68. The molecule has 4 spiro atoms. The molecular weight excluding hydrogens is 1500 g/mol. The lowest BCUT2D eigenvalue weighted by Crippen LogP contribution is -2.34. The quantitative estimate of drug-likeness (QED) is 0.0182. The fourth-order valence-electron chi connectivity index (χ4n) is 18.8. The molecule has 10 aliphatic rings. The summed E-state index contributed by atoms with van der Waals surface area (Å²) in [6, 6.07) is 24.2. The van der Waals surface area contributed by atoms with Crippen LogP contribution in [0.25, 0.3) is 0 Å². The molecule has 4 aliphatic carbocycles. The van der Waals surface area contributed by atoms with E-state index >= 15 is 0 Å². The van der Waals surface area contributed by atoms with Crippen molar-refractivity contribution in [1.29, 1.82) is 0 Å². The van der Waals surface area contributed by atoms with Gasteiger partial charge < -0.3 is 89.1 Å². The summed E-state index contributed by atoms with van der Waals surface area (Å²) in [7, 11) is 13.1. The van der Waals surface area contributed by atoms with Crippen LogP contribution < -0.4 is 64.9 Å². The van der Waals surface area contributed by atoms with Crippen molar-refractivity contribution in [3.63, 3.8) is 0 Å². The predicted octanol–water partition coefficient (Wildman–Crippen LogP) is 15.8. The van der Waals surface area contributed by atoms with E-state index in [0.717, 1.165) is 189 Å². The average Bonchev–Trinajstić information content (AvgIpc) is 1.26. The molecule has 6 aliphatic heterocycles. The zero-order valence-corrected chi connectivity index (χ0v) is 70.0. The second-order valence-electron chi connectivity index (χ2n) is 34.1. The van der Waals surface area contributed by atoms with Crippen molar-refractivity contribution in [3.05, 3.63) is 123 Å². The Balaban J connectivity index is 0.000000137. The highest BCUT2D eigenvalue weighted by Gasteiger charge is 2.44. The smallest absolute Gasteiger partial charge is 0.273 e. The van der Waals surface area contributed by atoms with E-state index in [9.17, 15) is 20.2 Å². The van der Waals surface area contributed by atoms with Gasteiger partial charge in [0.05, 0.1) is 74.8 Å². The minimum Gasteiger partial charge on any atom is -0.493 e. The number of nitrogens with one attached hydrogen (secondary N) is 4. The third-order valence-corrected chi connectivity index (χ3v) is 26.0. The van der Waals surface area contributed by atoms with Crippen molar-refractivity contribution in [2.75, 3.05) is 163 Å². The minimum atomic E-state index is -0.410. The first-order chi connectivity index (χ1) is 56.2. The molecule has 0 radical (unpaired) electrons. The molecule has 116 heavy (non-hydrogen) atoms. The Labute approximate surface area is 689 Å². The molecule has 10 fully saturated rings. The molecule has 6 aromatic rings. The lowest BCUT2D eigenvalue weighted by atomic mass is 9.72. The second kappa shape index (κ2) is 41.7. The first kappa shape index (κ1) is 86.8. The maximum absolute atomic E-state index is 11.0. The number of nitrogens with two attached hydrogens (primary N) is 1. The highest BCUT2D eigenvalue weighted by atomic mass is 35.5. The number of likely N-dealkylation sites (tertiary alicyclic amines) is 3. The molecule has 6 N–H and O–H groups in total. The van der Waals surface area contributed by atoms with Gasteiger partial charge in [0.15, 0.2) is 46.0 Å². The number of hydrogen-bond donors (Lipinski definition) is 5. The lowest BCUT2D eigenvalue weighted by Gasteiger charge is -2.37.